The zero-order valence-corrected chi connectivity index (χ0v) is 14.9. The zero-order chi connectivity index (χ0) is 19.3. The molecule has 0 aliphatic rings. The summed E-state index contributed by atoms with van der Waals surface area (Å²) in [4.78, 5) is 30.5. The average Bonchev–Trinajstić information content (AvgIpc) is 3.24. The van der Waals surface area contributed by atoms with E-state index in [4.69, 9.17) is 4.42 Å². The number of allylic oxidation sites excluding steroid dienone is 1. The molecule has 0 aliphatic carbocycles. The Morgan fingerprint density at radius 1 is 1.14 bits per heavy atom. The topological polar surface area (TPSA) is 88.0 Å². The van der Waals surface area contributed by atoms with Crippen molar-refractivity contribution in [3.05, 3.63) is 100 Å². The predicted molar refractivity (Wildman–Crippen MR) is 108 cm³/mol. The number of nitrogens with one attached hydrogen (secondary N) is 2. The third kappa shape index (κ3) is 4.07. The van der Waals surface area contributed by atoms with E-state index in [1.54, 1.807) is 36.8 Å². The summed E-state index contributed by atoms with van der Waals surface area (Å²) < 4.78 is 5.15. The van der Waals surface area contributed by atoms with Crippen LogP contribution in [0.5, 0.6) is 0 Å². The number of aromatic amines is 1. The number of rotatable bonds is 6. The largest absolute Gasteiger partial charge is 0.423 e. The minimum atomic E-state index is -0.360. The summed E-state index contributed by atoms with van der Waals surface area (Å²) in [5, 5.41) is 4.18. The lowest BCUT2D eigenvalue weighted by molar-refractivity contribution is 0.104. The van der Waals surface area contributed by atoms with Gasteiger partial charge in [0.25, 0.3) is 0 Å². The maximum Gasteiger partial charge on any atom is 0.336 e. The number of ketones is 1. The van der Waals surface area contributed by atoms with E-state index in [9.17, 15) is 9.59 Å². The molecule has 6 nitrogen and oxygen atoms in total. The monoisotopic (exact) mass is 371 g/mol. The number of anilines is 1. The summed E-state index contributed by atoms with van der Waals surface area (Å²) in [5.41, 5.74) is 3.46. The summed E-state index contributed by atoms with van der Waals surface area (Å²) in [7, 11) is 0. The number of carbonyl (C=O) groups is 1. The van der Waals surface area contributed by atoms with E-state index in [1.807, 2.05) is 30.3 Å². The number of carbonyl (C=O) groups excluding carboxylic acids is 1. The van der Waals surface area contributed by atoms with Crippen LogP contribution in [0.25, 0.3) is 17.0 Å². The highest BCUT2D eigenvalue weighted by Gasteiger charge is 2.04. The van der Waals surface area contributed by atoms with Gasteiger partial charge >= 0.3 is 5.63 Å². The van der Waals surface area contributed by atoms with Crippen LogP contribution in [0.1, 0.15) is 21.6 Å². The molecule has 4 aromatic rings. The molecule has 0 saturated heterocycles. The molecule has 0 aliphatic heterocycles. The van der Waals surface area contributed by atoms with Crippen molar-refractivity contribution in [2.24, 2.45) is 0 Å². The third-order valence-corrected chi connectivity index (χ3v) is 4.26. The lowest BCUT2D eigenvalue weighted by Crippen LogP contribution is -2.02. The number of aromatic nitrogens is 2. The van der Waals surface area contributed by atoms with Crippen molar-refractivity contribution in [3.63, 3.8) is 0 Å². The number of fused-ring (bicyclic) bond motifs is 1. The molecular formula is C22H17N3O3. The molecule has 2 heterocycles. The second kappa shape index (κ2) is 7.75. The lowest BCUT2D eigenvalue weighted by atomic mass is 10.1. The van der Waals surface area contributed by atoms with Crippen molar-refractivity contribution >= 4 is 28.5 Å². The first-order valence-corrected chi connectivity index (χ1v) is 8.75. The molecule has 0 amide bonds. The number of hydrogen-bond donors (Lipinski definition) is 2. The number of benzene rings is 2. The van der Waals surface area contributed by atoms with Crippen LogP contribution in [0.2, 0.25) is 0 Å². The first-order chi connectivity index (χ1) is 13.7. The fourth-order valence-corrected chi connectivity index (χ4v) is 2.84. The van der Waals surface area contributed by atoms with Crippen molar-refractivity contribution in [1.29, 1.82) is 0 Å². The van der Waals surface area contributed by atoms with E-state index in [0.717, 1.165) is 22.3 Å². The molecule has 0 fully saturated rings. The first kappa shape index (κ1) is 17.5. The SMILES string of the molecule is O=C(/C=C/c1cnc[nH]1)c1cccc(NCc2ccc3oc(=O)ccc3c2)c1. The summed E-state index contributed by atoms with van der Waals surface area (Å²) in [6.45, 7) is 0.580. The summed E-state index contributed by atoms with van der Waals surface area (Å²) >= 11 is 0. The van der Waals surface area contributed by atoms with E-state index in [-0.39, 0.29) is 11.4 Å². The normalized spacial score (nSPS) is 11.1. The van der Waals surface area contributed by atoms with Crippen LogP contribution in [0.15, 0.2) is 82.4 Å². The van der Waals surface area contributed by atoms with Gasteiger partial charge in [0.1, 0.15) is 5.58 Å². The van der Waals surface area contributed by atoms with Gasteiger partial charge < -0.3 is 14.7 Å². The number of H-pyrrole nitrogens is 1. The molecule has 0 spiro atoms. The smallest absolute Gasteiger partial charge is 0.336 e. The number of nitrogens with zero attached hydrogens (tertiary/aromatic N) is 1. The highest BCUT2D eigenvalue weighted by molar-refractivity contribution is 6.07. The Balaban J connectivity index is 1.45. The van der Waals surface area contributed by atoms with Crippen LogP contribution in [-0.4, -0.2) is 15.8 Å². The highest BCUT2D eigenvalue weighted by Crippen LogP contribution is 2.17. The molecule has 0 atom stereocenters. The second-order valence-corrected chi connectivity index (χ2v) is 6.27. The summed E-state index contributed by atoms with van der Waals surface area (Å²) in [6, 6.07) is 16.2. The van der Waals surface area contributed by atoms with E-state index in [2.05, 4.69) is 15.3 Å². The molecule has 0 unspecified atom stereocenters. The van der Waals surface area contributed by atoms with Crippen LogP contribution >= 0.6 is 0 Å². The Kier molecular flexibility index (Phi) is 4.84. The van der Waals surface area contributed by atoms with Crippen molar-refractivity contribution in [2.75, 3.05) is 5.32 Å². The summed E-state index contributed by atoms with van der Waals surface area (Å²) in [5.74, 6) is -0.0843. The number of imidazole rings is 1. The van der Waals surface area contributed by atoms with Gasteiger partial charge in [-0.25, -0.2) is 9.78 Å². The maximum atomic E-state index is 12.4. The van der Waals surface area contributed by atoms with E-state index >= 15 is 0 Å². The standard InChI is InChI=1S/C22H17N3O3/c26-20(7-6-19-13-23-14-25-19)16-2-1-3-18(11-16)24-12-15-4-8-21-17(10-15)5-9-22(27)28-21/h1-11,13-14,24H,12H2,(H,23,25)/b7-6+. The molecule has 6 heteroatoms. The Labute approximate surface area is 160 Å². The van der Waals surface area contributed by atoms with E-state index < -0.39 is 0 Å². The van der Waals surface area contributed by atoms with Gasteiger partial charge in [-0.1, -0.05) is 18.2 Å². The van der Waals surface area contributed by atoms with Gasteiger partial charge in [0, 0.05) is 29.2 Å². The molecule has 2 aromatic carbocycles. The minimum Gasteiger partial charge on any atom is -0.423 e. The van der Waals surface area contributed by atoms with Gasteiger partial charge in [-0.15, -0.1) is 0 Å². The number of hydrogen-bond acceptors (Lipinski definition) is 5. The molecule has 4 rings (SSSR count). The molecule has 28 heavy (non-hydrogen) atoms. The Bertz CT molecular complexity index is 1210. The Morgan fingerprint density at radius 2 is 2.07 bits per heavy atom. The Hall–Kier alpha value is -3.93. The van der Waals surface area contributed by atoms with Gasteiger partial charge in [-0.3, -0.25) is 4.79 Å². The molecular weight excluding hydrogens is 354 g/mol. The molecule has 0 radical (unpaired) electrons. The van der Waals surface area contributed by atoms with Gasteiger partial charge in [0.15, 0.2) is 5.78 Å². The highest BCUT2D eigenvalue weighted by atomic mass is 16.4. The second-order valence-electron chi connectivity index (χ2n) is 6.27. The predicted octanol–water partition coefficient (Wildman–Crippen LogP) is 4.02. The lowest BCUT2D eigenvalue weighted by Gasteiger charge is -2.08. The fraction of sp³-hybridized carbons (Fsp3) is 0.0455. The van der Waals surface area contributed by atoms with Gasteiger partial charge in [0.05, 0.1) is 18.2 Å². The van der Waals surface area contributed by atoms with Gasteiger partial charge in [0.2, 0.25) is 0 Å². The van der Waals surface area contributed by atoms with Crippen molar-refractivity contribution in [3.8, 4) is 0 Å². The summed E-state index contributed by atoms with van der Waals surface area (Å²) in [6.07, 6.45) is 6.43. The average molecular weight is 371 g/mol. The van der Waals surface area contributed by atoms with Crippen LogP contribution in [0.4, 0.5) is 5.69 Å². The van der Waals surface area contributed by atoms with Gasteiger partial charge in [-0.2, -0.15) is 0 Å². The van der Waals surface area contributed by atoms with Crippen molar-refractivity contribution in [1.82, 2.24) is 9.97 Å². The third-order valence-electron chi connectivity index (χ3n) is 4.26. The quantitative estimate of drug-likeness (QED) is 0.304. The molecule has 0 bridgehead atoms. The van der Waals surface area contributed by atoms with E-state index in [0.29, 0.717) is 17.7 Å². The van der Waals surface area contributed by atoms with Crippen LogP contribution < -0.4 is 10.9 Å². The van der Waals surface area contributed by atoms with Crippen LogP contribution in [0, 0.1) is 0 Å². The molecule has 2 N–H and O–H groups in total. The molecule has 2 aromatic heterocycles. The Morgan fingerprint density at radius 3 is 2.93 bits per heavy atom. The van der Waals surface area contributed by atoms with Gasteiger partial charge in [-0.05, 0) is 48.0 Å². The fourth-order valence-electron chi connectivity index (χ4n) is 2.84. The zero-order valence-electron chi connectivity index (χ0n) is 14.9. The molecule has 0 saturated carbocycles. The van der Waals surface area contributed by atoms with Crippen LogP contribution in [-0.2, 0) is 6.54 Å². The van der Waals surface area contributed by atoms with E-state index in [1.165, 1.54) is 12.1 Å². The molecule has 138 valence electrons. The van der Waals surface area contributed by atoms with Crippen molar-refractivity contribution < 1.29 is 9.21 Å². The first-order valence-electron chi connectivity index (χ1n) is 8.75. The van der Waals surface area contributed by atoms with Crippen LogP contribution in [0.3, 0.4) is 0 Å². The van der Waals surface area contributed by atoms with Crippen molar-refractivity contribution in [2.45, 2.75) is 6.54 Å². The minimum absolute atomic E-state index is 0.0843. The maximum absolute atomic E-state index is 12.4.